The Morgan fingerprint density at radius 2 is 2.38 bits per heavy atom. The van der Waals surface area contributed by atoms with E-state index in [1.807, 2.05) is 0 Å². The van der Waals surface area contributed by atoms with E-state index >= 15 is 0 Å². The maximum Gasteiger partial charge on any atom is 0.255 e. The first-order chi connectivity index (χ1) is 7.67. The maximum atomic E-state index is 11.8. The molecule has 0 radical (unpaired) electrons. The number of carbonyl (C=O) groups excluding carboxylic acids is 1. The summed E-state index contributed by atoms with van der Waals surface area (Å²) >= 11 is 3.21. The molecule has 1 aromatic heterocycles. The number of amides is 1. The van der Waals surface area contributed by atoms with Crippen molar-refractivity contribution in [2.45, 2.75) is 32.6 Å². The van der Waals surface area contributed by atoms with Crippen molar-refractivity contribution in [3.05, 3.63) is 22.6 Å². The average molecular weight is 286 g/mol. The molecule has 16 heavy (non-hydrogen) atoms. The molecule has 0 aliphatic heterocycles. The Kier molecular flexibility index (Phi) is 3.38. The molecule has 1 amide bonds. The number of hydrogen-bond donors (Lipinski definition) is 1. The van der Waals surface area contributed by atoms with Crippen LogP contribution in [0.2, 0.25) is 0 Å². The van der Waals surface area contributed by atoms with Gasteiger partial charge in [0.05, 0.1) is 11.8 Å². The summed E-state index contributed by atoms with van der Waals surface area (Å²) in [4.78, 5) is 11.8. The molecule has 1 aliphatic carbocycles. The topological polar surface area (TPSA) is 42.2 Å². The lowest BCUT2D eigenvalue weighted by Crippen LogP contribution is -2.41. The monoisotopic (exact) mass is 285 g/mol. The van der Waals surface area contributed by atoms with Crippen molar-refractivity contribution in [2.75, 3.05) is 6.54 Å². The smallest absolute Gasteiger partial charge is 0.255 e. The lowest BCUT2D eigenvalue weighted by molar-refractivity contribution is 0.0848. The number of hydrogen-bond acceptors (Lipinski definition) is 2. The fourth-order valence-electron chi connectivity index (χ4n) is 2.15. The quantitative estimate of drug-likeness (QED) is 0.922. The van der Waals surface area contributed by atoms with Gasteiger partial charge in [0, 0.05) is 6.54 Å². The highest BCUT2D eigenvalue weighted by molar-refractivity contribution is 9.10. The molecule has 1 fully saturated rings. The summed E-state index contributed by atoms with van der Waals surface area (Å²) in [5, 5.41) is 2.99. The van der Waals surface area contributed by atoms with Crippen LogP contribution in [0.4, 0.5) is 0 Å². The van der Waals surface area contributed by atoms with Crippen LogP contribution >= 0.6 is 15.9 Å². The van der Waals surface area contributed by atoms with Gasteiger partial charge in [-0.3, -0.25) is 4.79 Å². The van der Waals surface area contributed by atoms with Crippen LogP contribution in [0, 0.1) is 5.41 Å². The Balaban J connectivity index is 1.91. The van der Waals surface area contributed by atoms with Gasteiger partial charge in [-0.1, -0.05) is 13.3 Å². The number of halogens is 1. The summed E-state index contributed by atoms with van der Waals surface area (Å²) < 4.78 is 5.54. The lowest BCUT2D eigenvalue weighted by Gasteiger charge is -2.41. The van der Waals surface area contributed by atoms with Crippen LogP contribution in [-0.2, 0) is 0 Å². The third-order valence-electron chi connectivity index (χ3n) is 3.65. The van der Waals surface area contributed by atoms with Crippen molar-refractivity contribution in [3.8, 4) is 0 Å². The molecule has 1 aliphatic rings. The van der Waals surface area contributed by atoms with Crippen molar-refractivity contribution in [1.82, 2.24) is 5.32 Å². The minimum Gasteiger partial charge on any atom is -0.457 e. The SMILES string of the molecule is CCC1(CNC(=O)c2ccoc2Br)CCC1. The van der Waals surface area contributed by atoms with Crippen LogP contribution in [0.5, 0.6) is 0 Å². The molecule has 3 nitrogen and oxygen atoms in total. The standard InChI is InChI=1S/C12H16BrNO2/c1-2-12(5-3-6-12)8-14-11(15)9-4-7-16-10(9)13/h4,7H,2-3,5-6,8H2,1H3,(H,14,15). The van der Waals surface area contributed by atoms with Crippen LogP contribution < -0.4 is 5.32 Å². The highest BCUT2D eigenvalue weighted by Gasteiger charge is 2.35. The molecule has 1 N–H and O–H groups in total. The summed E-state index contributed by atoms with van der Waals surface area (Å²) in [5.41, 5.74) is 0.928. The highest BCUT2D eigenvalue weighted by atomic mass is 79.9. The largest absolute Gasteiger partial charge is 0.457 e. The maximum absolute atomic E-state index is 11.8. The van der Waals surface area contributed by atoms with E-state index in [0.717, 1.165) is 13.0 Å². The zero-order valence-corrected chi connectivity index (χ0v) is 11.0. The minimum atomic E-state index is -0.0552. The Bertz CT molecular complexity index is 377. The molecular formula is C12H16BrNO2. The van der Waals surface area contributed by atoms with E-state index in [-0.39, 0.29) is 5.91 Å². The van der Waals surface area contributed by atoms with Crippen molar-refractivity contribution < 1.29 is 9.21 Å². The van der Waals surface area contributed by atoms with Gasteiger partial charge in [0.2, 0.25) is 0 Å². The van der Waals surface area contributed by atoms with Gasteiger partial charge in [0.1, 0.15) is 0 Å². The third kappa shape index (κ3) is 2.17. The number of rotatable bonds is 4. The molecule has 88 valence electrons. The first kappa shape index (κ1) is 11.7. The van der Waals surface area contributed by atoms with E-state index in [0.29, 0.717) is 15.6 Å². The fraction of sp³-hybridized carbons (Fsp3) is 0.583. The number of furan rings is 1. The molecular weight excluding hydrogens is 270 g/mol. The molecule has 2 rings (SSSR count). The minimum absolute atomic E-state index is 0.0552. The van der Waals surface area contributed by atoms with Gasteiger partial charge in [-0.2, -0.15) is 0 Å². The third-order valence-corrected chi connectivity index (χ3v) is 4.26. The van der Waals surface area contributed by atoms with Crippen molar-refractivity contribution in [2.24, 2.45) is 5.41 Å². The van der Waals surface area contributed by atoms with E-state index < -0.39 is 0 Å². The molecule has 0 aromatic carbocycles. The van der Waals surface area contributed by atoms with Gasteiger partial charge in [-0.15, -0.1) is 0 Å². The van der Waals surface area contributed by atoms with Gasteiger partial charge >= 0.3 is 0 Å². The lowest BCUT2D eigenvalue weighted by atomic mass is 9.67. The van der Waals surface area contributed by atoms with E-state index in [1.165, 1.54) is 25.5 Å². The van der Waals surface area contributed by atoms with Crippen molar-refractivity contribution in [1.29, 1.82) is 0 Å². The van der Waals surface area contributed by atoms with Crippen molar-refractivity contribution >= 4 is 21.8 Å². The molecule has 0 bridgehead atoms. The Labute approximate surface area is 104 Å². The predicted octanol–water partition coefficient (Wildman–Crippen LogP) is 3.35. The molecule has 1 saturated carbocycles. The molecule has 0 saturated heterocycles. The van der Waals surface area contributed by atoms with E-state index in [2.05, 4.69) is 28.2 Å². The van der Waals surface area contributed by atoms with Gasteiger partial charge in [-0.25, -0.2) is 0 Å². The summed E-state index contributed by atoms with van der Waals surface area (Å²) in [5.74, 6) is -0.0552. The number of carbonyl (C=O) groups is 1. The number of nitrogens with one attached hydrogen (secondary N) is 1. The highest BCUT2D eigenvalue weighted by Crippen LogP contribution is 2.43. The Hall–Kier alpha value is -0.770. The molecule has 0 atom stereocenters. The first-order valence-electron chi connectivity index (χ1n) is 5.68. The second kappa shape index (κ2) is 4.62. The van der Waals surface area contributed by atoms with Crippen LogP contribution in [0.25, 0.3) is 0 Å². The zero-order chi connectivity index (χ0) is 11.6. The predicted molar refractivity (Wildman–Crippen MR) is 65.3 cm³/mol. The van der Waals surface area contributed by atoms with Crippen LogP contribution in [0.1, 0.15) is 43.0 Å². The normalized spacial score (nSPS) is 17.9. The molecule has 1 aromatic rings. The van der Waals surface area contributed by atoms with Crippen molar-refractivity contribution in [3.63, 3.8) is 0 Å². The second-order valence-corrected chi connectivity index (χ2v) is 5.22. The van der Waals surface area contributed by atoms with Crippen LogP contribution in [-0.4, -0.2) is 12.5 Å². The average Bonchev–Trinajstić information content (AvgIpc) is 2.63. The summed E-state index contributed by atoms with van der Waals surface area (Å²) in [7, 11) is 0. The molecule has 4 heteroatoms. The van der Waals surface area contributed by atoms with Crippen LogP contribution in [0.15, 0.2) is 21.4 Å². The summed E-state index contributed by atoms with van der Waals surface area (Å²) in [6, 6.07) is 1.68. The molecule has 0 spiro atoms. The Morgan fingerprint density at radius 1 is 1.62 bits per heavy atom. The van der Waals surface area contributed by atoms with Gasteiger partial charge in [0.15, 0.2) is 4.67 Å². The molecule has 0 unspecified atom stereocenters. The van der Waals surface area contributed by atoms with E-state index in [1.54, 1.807) is 6.07 Å². The second-order valence-electron chi connectivity index (χ2n) is 4.50. The molecule has 1 heterocycles. The fourth-order valence-corrected chi connectivity index (χ4v) is 2.57. The first-order valence-corrected chi connectivity index (χ1v) is 6.47. The Morgan fingerprint density at radius 3 is 2.81 bits per heavy atom. The van der Waals surface area contributed by atoms with Gasteiger partial charge in [0.25, 0.3) is 5.91 Å². The summed E-state index contributed by atoms with van der Waals surface area (Å²) in [6.45, 7) is 2.97. The van der Waals surface area contributed by atoms with E-state index in [4.69, 9.17) is 4.42 Å². The van der Waals surface area contributed by atoms with Gasteiger partial charge in [-0.05, 0) is 46.7 Å². The zero-order valence-electron chi connectivity index (χ0n) is 9.38. The van der Waals surface area contributed by atoms with Crippen LogP contribution in [0.3, 0.4) is 0 Å². The van der Waals surface area contributed by atoms with E-state index in [9.17, 15) is 4.79 Å². The van der Waals surface area contributed by atoms with Gasteiger partial charge < -0.3 is 9.73 Å². The summed E-state index contributed by atoms with van der Waals surface area (Å²) in [6.07, 6.45) is 6.41.